The van der Waals surface area contributed by atoms with Gasteiger partial charge in [-0.25, -0.2) is 0 Å². The van der Waals surface area contributed by atoms with Crippen LogP contribution in [0.15, 0.2) is 96.0 Å². The van der Waals surface area contributed by atoms with Gasteiger partial charge in [-0.2, -0.15) is 0 Å². The molecule has 1 aromatic heterocycles. The molecule has 0 saturated carbocycles. The SMILES string of the molecule is O=C1/C(=C\c2cn(Cc3ccccc3)c3ccccc23)SC(=S)N1Cc1ccccc1. The van der Waals surface area contributed by atoms with Crippen molar-refractivity contribution < 1.29 is 4.79 Å². The molecule has 5 heteroatoms. The van der Waals surface area contributed by atoms with Crippen LogP contribution < -0.4 is 0 Å². The molecule has 1 amide bonds. The van der Waals surface area contributed by atoms with Gasteiger partial charge in [-0.05, 0) is 23.3 Å². The van der Waals surface area contributed by atoms with Crippen molar-refractivity contribution in [1.82, 2.24) is 9.47 Å². The number of aromatic nitrogens is 1. The fraction of sp³-hybridized carbons (Fsp3) is 0.0769. The quantitative estimate of drug-likeness (QED) is 0.277. The Kier molecular flexibility index (Phi) is 5.45. The van der Waals surface area contributed by atoms with E-state index in [0.717, 1.165) is 28.6 Å². The van der Waals surface area contributed by atoms with Gasteiger partial charge in [-0.3, -0.25) is 9.69 Å². The van der Waals surface area contributed by atoms with Gasteiger partial charge in [0.2, 0.25) is 0 Å². The molecule has 0 radical (unpaired) electrons. The minimum Gasteiger partial charge on any atom is -0.342 e. The number of hydrogen-bond donors (Lipinski definition) is 0. The fourth-order valence-corrected chi connectivity index (χ4v) is 5.09. The van der Waals surface area contributed by atoms with E-state index in [2.05, 4.69) is 47.2 Å². The Labute approximate surface area is 191 Å². The summed E-state index contributed by atoms with van der Waals surface area (Å²) in [6.45, 7) is 1.28. The zero-order valence-electron chi connectivity index (χ0n) is 16.8. The number of para-hydroxylation sites is 1. The molecular formula is C26H20N2OS2. The molecule has 3 aromatic carbocycles. The average Bonchev–Trinajstić information content (AvgIpc) is 3.27. The van der Waals surface area contributed by atoms with Crippen LogP contribution in [-0.2, 0) is 17.9 Å². The predicted molar refractivity (Wildman–Crippen MR) is 133 cm³/mol. The molecule has 3 nitrogen and oxygen atoms in total. The van der Waals surface area contributed by atoms with E-state index < -0.39 is 0 Å². The molecule has 1 aliphatic heterocycles. The van der Waals surface area contributed by atoms with Crippen molar-refractivity contribution in [2.45, 2.75) is 13.1 Å². The number of rotatable bonds is 5. The minimum atomic E-state index is -0.0289. The van der Waals surface area contributed by atoms with Gasteiger partial charge >= 0.3 is 0 Å². The van der Waals surface area contributed by atoms with Crippen molar-refractivity contribution in [1.29, 1.82) is 0 Å². The van der Waals surface area contributed by atoms with E-state index >= 15 is 0 Å². The summed E-state index contributed by atoms with van der Waals surface area (Å²) in [7, 11) is 0. The van der Waals surface area contributed by atoms with Crippen molar-refractivity contribution >= 4 is 51.2 Å². The Morgan fingerprint density at radius 2 is 1.42 bits per heavy atom. The molecule has 1 fully saturated rings. The number of nitrogens with zero attached hydrogens (tertiary/aromatic N) is 2. The molecule has 2 heterocycles. The lowest BCUT2D eigenvalue weighted by molar-refractivity contribution is -0.122. The van der Waals surface area contributed by atoms with Crippen LogP contribution >= 0.6 is 24.0 Å². The number of carbonyl (C=O) groups is 1. The second-order valence-electron chi connectivity index (χ2n) is 7.47. The summed E-state index contributed by atoms with van der Waals surface area (Å²) in [4.78, 5) is 15.5. The fourth-order valence-electron chi connectivity index (χ4n) is 3.84. The molecule has 0 unspecified atom stereocenters. The van der Waals surface area contributed by atoms with Gasteiger partial charge in [0.1, 0.15) is 4.32 Å². The first-order chi connectivity index (χ1) is 15.2. The maximum Gasteiger partial charge on any atom is 0.266 e. The summed E-state index contributed by atoms with van der Waals surface area (Å²) in [6, 6.07) is 28.7. The molecule has 5 rings (SSSR count). The Hall–Kier alpha value is -3.15. The standard InChI is InChI=1S/C26H20N2OS2/c29-25-24(31-26(30)28(25)17-20-11-5-2-6-12-20)15-21-18-27(16-19-9-3-1-4-10-19)23-14-8-7-13-22(21)23/h1-15,18H,16-17H2/b24-15+. The van der Waals surface area contributed by atoms with Crippen LogP contribution in [0.2, 0.25) is 0 Å². The van der Waals surface area contributed by atoms with Gasteiger partial charge in [-0.1, -0.05) is 103 Å². The Bertz CT molecular complexity index is 1290. The lowest BCUT2D eigenvalue weighted by atomic mass is 10.1. The van der Waals surface area contributed by atoms with Crippen LogP contribution in [0.4, 0.5) is 0 Å². The monoisotopic (exact) mass is 440 g/mol. The summed E-state index contributed by atoms with van der Waals surface area (Å²) in [5, 5.41) is 1.13. The molecular weight excluding hydrogens is 420 g/mol. The highest BCUT2D eigenvalue weighted by atomic mass is 32.2. The molecule has 0 aliphatic carbocycles. The van der Waals surface area contributed by atoms with E-state index in [4.69, 9.17) is 12.2 Å². The number of hydrogen-bond acceptors (Lipinski definition) is 3. The Morgan fingerprint density at radius 3 is 2.13 bits per heavy atom. The van der Waals surface area contributed by atoms with E-state index in [1.165, 1.54) is 17.3 Å². The van der Waals surface area contributed by atoms with Crippen LogP contribution in [0.25, 0.3) is 17.0 Å². The molecule has 0 spiro atoms. The number of amides is 1. The normalized spacial score (nSPS) is 15.4. The summed E-state index contributed by atoms with van der Waals surface area (Å²) in [6.07, 6.45) is 4.11. The molecule has 31 heavy (non-hydrogen) atoms. The number of fused-ring (bicyclic) bond motifs is 1. The smallest absolute Gasteiger partial charge is 0.266 e. The Balaban J connectivity index is 1.47. The summed E-state index contributed by atoms with van der Waals surface area (Å²) < 4.78 is 2.84. The highest BCUT2D eigenvalue weighted by molar-refractivity contribution is 8.26. The van der Waals surface area contributed by atoms with Crippen molar-refractivity contribution in [3.8, 4) is 0 Å². The van der Waals surface area contributed by atoms with Crippen LogP contribution in [-0.4, -0.2) is 19.7 Å². The molecule has 0 bridgehead atoms. The van der Waals surface area contributed by atoms with Gasteiger partial charge in [0.05, 0.1) is 11.4 Å². The molecule has 0 N–H and O–H groups in total. The number of benzene rings is 3. The summed E-state index contributed by atoms with van der Waals surface area (Å²) in [5.74, 6) is -0.0289. The minimum absolute atomic E-state index is 0.0289. The van der Waals surface area contributed by atoms with Crippen molar-refractivity contribution in [3.05, 3.63) is 113 Å². The maximum atomic E-state index is 13.1. The Morgan fingerprint density at radius 1 is 0.806 bits per heavy atom. The first kappa shape index (κ1) is 19.8. The lowest BCUT2D eigenvalue weighted by Gasteiger charge is -2.14. The van der Waals surface area contributed by atoms with E-state index in [-0.39, 0.29) is 5.91 Å². The highest BCUT2D eigenvalue weighted by Gasteiger charge is 2.32. The first-order valence-corrected chi connectivity index (χ1v) is 11.3. The first-order valence-electron chi connectivity index (χ1n) is 10.1. The third-order valence-electron chi connectivity index (χ3n) is 5.36. The van der Waals surface area contributed by atoms with Gasteiger partial charge in [-0.15, -0.1) is 0 Å². The molecule has 4 aromatic rings. The number of thiocarbonyl (C=S) groups is 1. The van der Waals surface area contributed by atoms with Crippen LogP contribution in [0.5, 0.6) is 0 Å². The topological polar surface area (TPSA) is 25.2 Å². The van der Waals surface area contributed by atoms with Crippen molar-refractivity contribution in [2.75, 3.05) is 0 Å². The average molecular weight is 441 g/mol. The molecule has 152 valence electrons. The summed E-state index contributed by atoms with van der Waals surface area (Å²) in [5.41, 5.74) is 4.49. The molecule has 0 atom stereocenters. The summed E-state index contributed by atoms with van der Waals surface area (Å²) >= 11 is 6.90. The van der Waals surface area contributed by atoms with Crippen LogP contribution in [0.3, 0.4) is 0 Å². The van der Waals surface area contributed by atoms with Crippen molar-refractivity contribution in [2.24, 2.45) is 0 Å². The van der Waals surface area contributed by atoms with Crippen molar-refractivity contribution in [3.63, 3.8) is 0 Å². The van der Waals surface area contributed by atoms with E-state index in [9.17, 15) is 4.79 Å². The predicted octanol–water partition coefficient (Wildman–Crippen LogP) is 6.09. The third-order valence-corrected chi connectivity index (χ3v) is 6.74. The van der Waals surface area contributed by atoms with Crippen LogP contribution in [0, 0.1) is 0 Å². The number of carbonyl (C=O) groups excluding carboxylic acids is 1. The second kappa shape index (κ2) is 8.53. The van der Waals surface area contributed by atoms with Gasteiger partial charge in [0, 0.05) is 29.2 Å². The van der Waals surface area contributed by atoms with E-state index in [0.29, 0.717) is 15.8 Å². The lowest BCUT2D eigenvalue weighted by Crippen LogP contribution is -2.27. The zero-order valence-corrected chi connectivity index (χ0v) is 18.4. The second-order valence-corrected chi connectivity index (χ2v) is 9.14. The van der Waals surface area contributed by atoms with Crippen LogP contribution in [0.1, 0.15) is 16.7 Å². The molecule has 1 aliphatic rings. The number of thioether (sulfide) groups is 1. The van der Waals surface area contributed by atoms with Gasteiger partial charge < -0.3 is 4.57 Å². The highest BCUT2D eigenvalue weighted by Crippen LogP contribution is 2.35. The zero-order chi connectivity index (χ0) is 21.2. The largest absolute Gasteiger partial charge is 0.342 e. The van der Waals surface area contributed by atoms with Gasteiger partial charge in [0.15, 0.2) is 0 Å². The maximum absolute atomic E-state index is 13.1. The van der Waals surface area contributed by atoms with E-state index in [1.54, 1.807) is 4.90 Å². The van der Waals surface area contributed by atoms with Gasteiger partial charge in [0.25, 0.3) is 5.91 Å². The van der Waals surface area contributed by atoms with E-state index in [1.807, 2.05) is 54.6 Å². The third kappa shape index (κ3) is 4.07. The molecule has 1 saturated heterocycles.